The second-order valence-corrected chi connectivity index (χ2v) is 6.92. The van der Waals surface area contributed by atoms with E-state index in [9.17, 15) is 14.0 Å². The fraction of sp³-hybridized carbons (Fsp3) is 0.333. The van der Waals surface area contributed by atoms with Crippen LogP contribution in [0.15, 0.2) is 42.5 Å². The van der Waals surface area contributed by atoms with E-state index >= 15 is 0 Å². The predicted octanol–water partition coefficient (Wildman–Crippen LogP) is 3.38. The number of carbonyl (C=O) groups is 2. The molecule has 0 saturated carbocycles. The van der Waals surface area contributed by atoms with E-state index in [1.807, 2.05) is 18.2 Å². The van der Waals surface area contributed by atoms with Gasteiger partial charge in [-0.2, -0.15) is 0 Å². The van der Waals surface area contributed by atoms with E-state index in [-0.39, 0.29) is 17.2 Å². The second-order valence-electron chi connectivity index (χ2n) is 6.92. The number of ether oxygens (including phenoxy) is 1. The van der Waals surface area contributed by atoms with Gasteiger partial charge in [-0.15, -0.1) is 0 Å². The van der Waals surface area contributed by atoms with Crippen LogP contribution in [-0.4, -0.2) is 42.1 Å². The molecule has 0 aliphatic carbocycles. The number of nitrogens with zero attached hydrogens (tertiary/aromatic N) is 1. The zero-order chi connectivity index (χ0) is 20.1. The van der Waals surface area contributed by atoms with Crippen molar-refractivity contribution in [3.8, 4) is 5.75 Å². The van der Waals surface area contributed by atoms with E-state index in [1.165, 1.54) is 19.2 Å². The van der Waals surface area contributed by atoms with Gasteiger partial charge in [-0.3, -0.25) is 14.5 Å². The lowest BCUT2D eigenvalue weighted by Crippen LogP contribution is -2.35. The van der Waals surface area contributed by atoms with Crippen LogP contribution in [0.5, 0.6) is 5.75 Å². The molecular formula is C21H23FN2O4. The minimum absolute atomic E-state index is 0.179. The number of nitrogens with one attached hydrogen (secondary N) is 1. The van der Waals surface area contributed by atoms with Crippen molar-refractivity contribution >= 4 is 17.6 Å². The van der Waals surface area contributed by atoms with Crippen molar-refractivity contribution in [2.24, 2.45) is 5.92 Å². The summed E-state index contributed by atoms with van der Waals surface area (Å²) in [6.45, 7) is 2.15. The first-order valence-corrected chi connectivity index (χ1v) is 9.14. The molecule has 0 atom stereocenters. The van der Waals surface area contributed by atoms with Gasteiger partial charge < -0.3 is 15.2 Å². The molecule has 0 unspecified atom stereocenters. The summed E-state index contributed by atoms with van der Waals surface area (Å²) in [6, 6.07) is 11.3. The molecule has 0 aromatic heterocycles. The quantitative estimate of drug-likeness (QED) is 0.796. The molecule has 0 bridgehead atoms. The Morgan fingerprint density at radius 2 is 1.96 bits per heavy atom. The smallest absolute Gasteiger partial charge is 0.306 e. The van der Waals surface area contributed by atoms with Gasteiger partial charge >= 0.3 is 5.97 Å². The van der Waals surface area contributed by atoms with Crippen LogP contribution in [0.3, 0.4) is 0 Å². The zero-order valence-electron chi connectivity index (χ0n) is 15.7. The van der Waals surface area contributed by atoms with Crippen LogP contribution < -0.4 is 10.1 Å². The summed E-state index contributed by atoms with van der Waals surface area (Å²) in [7, 11) is 1.42. The third-order valence-corrected chi connectivity index (χ3v) is 4.90. The van der Waals surface area contributed by atoms with E-state index in [2.05, 4.69) is 10.2 Å². The van der Waals surface area contributed by atoms with E-state index < -0.39 is 17.7 Å². The molecule has 3 rings (SSSR count). The highest BCUT2D eigenvalue weighted by Crippen LogP contribution is 2.21. The highest BCUT2D eigenvalue weighted by molar-refractivity contribution is 6.04. The van der Waals surface area contributed by atoms with E-state index in [4.69, 9.17) is 9.84 Å². The Hall–Kier alpha value is -2.93. The first kappa shape index (κ1) is 19.8. The fourth-order valence-corrected chi connectivity index (χ4v) is 3.36. The lowest BCUT2D eigenvalue weighted by atomic mass is 9.97. The third-order valence-electron chi connectivity index (χ3n) is 4.90. The molecule has 0 spiro atoms. The Bertz CT molecular complexity index is 863. The third kappa shape index (κ3) is 5.07. The Kier molecular flexibility index (Phi) is 6.26. The van der Waals surface area contributed by atoms with E-state index in [0.29, 0.717) is 25.1 Å². The van der Waals surface area contributed by atoms with Gasteiger partial charge in [0.15, 0.2) is 0 Å². The van der Waals surface area contributed by atoms with Crippen molar-refractivity contribution in [2.45, 2.75) is 19.4 Å². The van der Waals surface area contributed by atoms with Gasteiger partial charge in [0.05, 0.1) is 13.0 Å². The molecule has 1 saturated heterocycles. The normalized spacial score (nSPS) is 15.2. The summed E-state index contributed by atoms with van der Waals surface area (Å²) in [4.78, 5) is 25.7. The number of halogens is 1. The molecule has 6 nitrogen and oxygen atoms in total. The Morgan fingerprint density at radius 1 is 1.21 bits per heavy atom. The van der Waals surface area contributed by atoms with E-state index in [1.54, 1.807) is 6.07 Å². The Balaban J connectivity index is 1.63. The largest absolute Gasteiger partial charge is 0.497 e. The SMILES string of the molecule is COc1cc(F)cc(C(=O)Nc2cccc(CN3CCC(C(=O)O)CC3)c2)c1. The minimum atomic E-state index is -0.724. The van der Waals surface area contributed by atoms with Gasteiger partial charge in [0.25, 0.3) is 5.91 Å². The van der Waals surface area contributed by atoms with Gasteiger partial charge in [-0.1, -0.05) is 12.1 Å². The van der Waals surface area contributed by atoms with E-state index in [0.717, 1.165) is 24.7 Å². The highest BCUT2D eigenvalue weighted by Gasteiger charge is 2.24. The maximum atomic E-state index is 13.6. The molecule has 2 N–H and O–H groups in total. The van der Waals surface area contributed by atoms with Gasteiger partial charge in [0.1, 0.15) is 11.6 Å². The number of amides is 1. The predicted molar refractivity (Wildman–Crippen MR) is 103 cm³/mol. The average molecular weight is 386 g/mol. The molecule has 1 amide bonds. The summed E-state index contributed by atoms with van der Waals surface area (Å²) in [5.41, 5.74) is 1.81. The molecule has 28 heavy (non-hydrogen) atoms. The summed E-state index contributed by atoms with van der Waals surface area (Å²) < 4.78 is 18.6. The van der Waals surface area contributed by atoms with Crippen molar-refractivity contribution in [1.82, 2.24) is 4.90 Å². The van der Waals surface area contributed by atoms with Crippen LogP contribution in [0.1, 0.15) is 28.8 Å². The number of hydrogen-bond donors (Lipinski definition) is 2. The number of benzene rings is 2. The second kappa shape index (κ2) is 8.84. The van der Waals surface area contributed by atoms with Crippen molar-refractivity contribution in [3.63, 3.8) is 0 Å². The summed E-state index contributed by atoms with van der Waals surface area (Å²) in [5, 5.41) is 11.9. The Labute approximate surface area is 162 Å². The summed E-state index contributed by atoms with van der Waals surface area (Å²) in [6.07, 6.45) is 1.29. The van der Waals surface area contributed by atoms with Crippen LogP contribution in [0.2, 0.25) is 0 Å². The fourth-order valence-electron chi connectivity index (χ4n) is 3.36. The first-order chi connectivity index (χ1) is 13.4. The van der Waals surface area contributed by atoms with Crippen molar-refractivity contribution < 1.29 is 23.8 Å². The van der Waals surface area contributed by atoms with Crippen molar-refractivity contribution in [1.29, 1.82) is 0 Å². The lowest BCUT2D eigenvalue weighted by molar-refractivity contribution is -0.143. The summed E-state index contributed by atoms with van der Waals surface area (Å²) >= 11 is 0. The number of rotatable bonds is 6. The molecule has 1 heterocycles. The number of aliphatic carboxylic acids is 1. The maximum absolute atomic E-state index is 13.6. The van der Waals surface area contributed by atoms with Gasteiger partial charge in [0, 0.05) is 23.9 Å². The van der Waals surface area contributed by atoms with Gasteiger partial charge in [-0.25, -0.2) is 4.39 Å². The maximum Gasteiger partial charge on any atom is 0.306 e. The summed E-state index contributed by atoms with van der Waals surface area (Å²) in [5.74, 6) is -1.66. The molecule has 148 valence electrons. The van der Waals surface area contributed by atoms with Crippen LogP contribution in [0.4, 0.5) is 10.1 Å². The number of hydrogen-bond acceptors (Lipinski definition) is 4. The molecule has 1 aliphatic rings. The lowest BCUT2D eigenvalue weighted by Gasteiger charge is -2.30. The van der Waals surface area contributed by atoms with Crippen molar-refractivity contribution in [3.05, 3.63) is 59.4 Å². The number of carbonyl (C=O) groups excluding carboxylic acids is 1. The van der Waals surface area contributed by atoms with Gasteiger partial charge in [0.2, 0.25) is 0 Å². The average Bonchev–Trinajstić information content (AvgIpc) is 2.68. The number of likely N-dealkylation sites (tertiary alicyclic amines) is 1. The molecule has 2 aromatic rings. The van der Waals surface area contributed by atoms with Crippen LogP contribution in [-0.2, 0) is 11.3 Å². The van der Waals surface area contributed by atoms with Crippen LogP contribution in [0.25, 0.3) is 0 Å². The van der Waals surface area contributed by atoms with Gasteiger partial charge in [-0.05, 0) is 55.8 Å². The first-order valence-electron chi connectivity index (χ1n) is 9.14. The Morgan fingerprint density at radius 3 is 2.64 bits per heavy atom. The zero-order valence-corrected chi connectivity index (χ0v) is 15.7. The number of carboxylic acid groups (broad SMARTS) is 1. The van der Waals surface area contributed by atoms with Crippen LogP contribution >= 0.6 is 0 Å². The molecular weight excluding hydrogens is 363 g/mol. The molecule has 7 heteroatoms. The minimum Gasteiger partial charge on any atom is -0.497 e. The monoisotopic (exact) mass is 386 g/mol. The topological polar surface area (TPSA) is 78.9 Å². The number of methoxy groups -OCH3 is 1. The standard InChI is InChI=1S/C21H23FN2O4/c1-28-19-11-16(10-17(22)12-19)20(25)23-18-4-2-3-14(9-18)13-24-7-5-15(6-8-24)21(26)27/h2-4,9-12,15H,5-8,13H2,1H3,(H,23,25)(H,26,27). The molecule has 1 fully saturated rings. The molecule has 0 radical (unpaired) electrons. The number of carboxylic acids is 1. The number of anilines is 1. The highest BCUT2D eigenvalue weighted by atomic mass is 19.1. The van der Waals surface area contributed by atoms with Crippen molar-refractivity contribution in [2.75, 3.05) is 25.5 Å². The molecule has 1 aliphatic heterocycles. The number of piperidine rings is 1. The molecule has 2 aromatic carbocycles. The van der Waals surface area contributed by atoms with Crippen LogP contribution in [0, 0.1) is 11.7 Å².